The van der Waals surface area contributed by atoms with Crippen molar-refractivity contribution in [2.75, 3.05) is 75.4 Å². The topological polar surface area (TPSA) is 193 Å². The number of benzene rings is 2. The Kier molecular flexibility index (Phi) is 12.8. The molecule has 16 heteroatoms. The molecule has 3 aliphatic heterocycles. The van der Waals surface area contributed by atoms with Crippen LogP contribution in [0, 0.1) is 29.6 Å². The maximum absolute atomic E-state index is 14.2. The van der Waals surface area contributed by atoms with Crippen molar-refractivity contribution in [1.82, 2.24) is 26.1 Å². The largest absolute Gasteiger partial charge is 0.443 e. The van der Waals surface area contributed by atoms with Crippen molar-refractivity contribution in [2.24, 2.45) is 29.6 Å². The molecule has 2 aliphatic carbocycles. The number of nitrogens with one attached hydrogen (secondary N) is 3. The van der Waals surface area contributed by atoms with Gasteiger partial charge in [-0.1, -0.05) is 36.4 Å². The highest BCUT2D eigenvalue weighted by atomic mass is 16.6. The summed E-state index contributed by atoms with van der Waals surface area (Å²) >= 11 is 0. The third kappa shape index (κ3) is 8.97. The van der Waals surface area contributed by atoms with Gasteiger partial charge in [-0.25, -0.2) is 15.8 Å². The number of ether oxygens (including phenoxy) is 2. The maximum Gasteiger partial charge on any atom is 0.407 e. The van der Waals surface area contributed by atoms with Crippen molar-refractivity contribution in [3.8, 4) is 0 Å². The lowest BCUT2D eigenvalue weighted by Crippen LogP contribution is -2.59. The van der Waals surface area contributed by atoms with E-state index in [1.807, 2.05) is 60.7 Å². The number of hydroxylamine groups is 2. The Hall–Kier alpha value is -4.93. The summed E-state index contributed by atoms with van der Waals surface area (Å²) in [6.45, 7) is 5.22. The van der Waals surface area contributed by atoms with E-state index in [-0.39, 0.29) is 50.0 Å². The number of piperazine rings is 2. The van der Waals surface area contributed by atoms with Crippen LogP contribution in [0.15, 0.2) is 60.7 Å². The van der Waals surface area contributed by atoms with Crippen LogP contribution in [0.5, 0.6) is 0 Å². The number of anilines is 2. The van der Waals surface area contributed by atoms with Crippen LogP contribution in [-0.4, -0.2) is 127 Å². The Morgan fingerprint density at radius 3 is 1.68 bits per heavy atom. The molecule has 5 N–H and O–H groups in total. The smallest absolute Gasteiger partial charge is 0.407 e. The summed E-state index contributed by atoms with van der Waals surface area (Å²) in [7, 11) is 0. The van der Waals surface area contributed by atoms with Crippen molar-refractivity contribution in [1.29, 1.82) is 0 Å². The number of carbonyl (C=O) groups excluding carboxylic acids is 5. The Balaban J connectivity index is 1.08. The summed E-state index contributed by atoms with van der Waals surface area (Å²) in [5.74, 6) is -5.82. The number of alkyl carbamates (subject to hydrolysis) is 1. The van der Waals surface area contributed by atoms with Gasteiger partial charge in [-0.2, -0.15) is 0 Å². The van der Waals surface area contributed by atoms with Gasteiger partial charge in [0, 0.05) is 76.3 Å². The standard InChI is InChI=1S/C41H55N7O9/c49-36(43-54)34-25-28(11-12-32(34)38(51)47-20-16-45(17-21-47)30-7-3-1-4-8-30)41(57-40(53)42-29-14-24-56-27-29)15-13-33(35(26-41)37(50)44-55)39(52)48-22-18-46(19-23-48)31-9-5-2-6-10-31/h1-10,28-29,32-35,54-55H,11-27H2,(H,42,53)(H,43,49)(H,44,50)/t28?,29?,32?,33-,34?,35-,41+/m0/s1. The minimum Gasteiger partial charge on any atom is -0.443 e. The lowest BCUT2D eigenvalue weighted by Gasteiger charge is -2.50. The molecular formula is C41H55N7O9. The van der Waals surface area contributed by atoms with Crippen LogP contribution in [0.1, 0.15) is 44.9 Å². The van der Waals surface area contributed by atoms with E-state index in [0.717, 1.165) is 11.4 Å². The van der Waals surface area contributed by atoms with Crippen molar-refractivity contribution in [2.45, 2.75) is 56.6 Å². The molecule has 16 nitrogen and oxygen atoms in total. The molecule has 2 aromatic carbocycles. The fourth-order valence-corrected chi connectivity index (χ4v) is 9.88. The van der Waals surface area contributed by atoms with Crippen LogP contribution in [-0.2, 0) is 28.7 Å². The lowest BCUT2D eigenvalue weighted by atomic mass is 9.60. The molecule has 0 bridgehead atoms. The Morgan fingerprint density at radius 2 is 1.18 bits per heavy atom. The van der Waals surface area contributed by atoms with Gasteiger partial charge in [0.05, 0.1) is 30.4 Å². The number of rotatable bonds is 9. The molecule has 308 valence electrons. The quantitative estimate of drug-likeness (QED) is 0.185. The van der Waals surface area contributed by atoms with Crippen LogP contribution in [0.25, 0.3) is 0 Å². The zero-order valence-corrected chi connectivity index (χ0v) is 32.3. The number of amides is 5. The van der Waals surface area contributed by atoms with Crippen molar-refractivity contribution in [3.05, 3.63) is 60.7 Å². The predicted octanol–water partition coefficient (Wildman–Crippen LogP) is 2.40. The summed E-state index contributed by atoms with van der Waals surface area (Å²) in [6, 6.07) is 19.7. The highest BCUT2D eigenvalue weighted by Crippen LogP contribution is 2.51. The summed E-state index contributed by atoms with van der Waals surface area (Å²) in [5, 5.41) is 22.8. The Bertz CT molecular complexity index is 1720. The summed E-state index contributed by atoms with van der Waals surface area (Å²) in [5.41, 5.74) is 4.37. The third-order valence-corrected chi connectivity index (χ3v) is 13.0. The fraction of sp³-hybridized carbons (Fsp3) is 0.585. The molecule has 0 radical (unpaired) electrons. The van der Waals surface area contributed by atoms with Crippen molar-refractivity contribution >= 4 is 41.1 Å². The molecule has 5 amide bonds. The van der Waals surface area contributed by atoms with Gasteiger partial charge < -0.3 is 34.4 Å². The highest BCUT2D eigenvalue weighted by Gasteiger charge is 2.56. The third-order valence-electron chi connectivity index (χ3n) is 13.0. The first-order valence-electron chi connectivity index (χ1n) is 20.3. The molecule has 3 saturated heterocycles. The molecule has 5 aliphatic rings. The van der Waals surface area contributed by atoms with Crippen LogP contribution in [0.3, 0.4) is 0 Å². The number of nitrogens with zero attached hydrogens (tertiary/aromatic N) is 4. The normalized spacial score (nSPS) is 29.3. The van der Waals surface area contributed by atoms with E-state index in [4.69, 9.17) is 9.47 Å². The van der Waals surface area contributed by atoms with Gasteiger partial charge in [0.1, 0.15) is 5.60 Å². The highest BCUT2D eigenvalue weighted by molar-refractivity contribution is 5.89. The maximum atomic E-state index is 14.2. The van der Waals surface area contributed by atoms with E-state index in [1.165, 1.54) is 0 Å². The van der Waals surface area contributed by atoms with Gasteiger partial charge in [0.2, 0.25) is 23.6 Å². The molecule has 7 rings (SSSR count). The molecule has 5 fully saturated rings. The molecule has 0 aromatic heterocycles. The molecule has 4 unspecified atom stereocenters. The molecule has 2 aromatic rings. The van der Waals surface area contributed by atoms with Crippen molar-refractivity contribution in [3.63, 3.8) is 0 Å². The van der Waals surface area contributed by atoms with Gasteiger partial charge in [0.25, 0.3) is 0 Å². The molecular weight excluding hydrogens is 734 g/mol. The van der Waals surface area contributed by atoms with Gasteiger partial charge >= 0.3 is 6.09 Å². The second-order valence-corrected chi connectivity index (χ2v) is 16.1. The molecule has 3 heterocycles. The monoisotopic (exact) mass is 789 g/mol. The fourth-order valence-electron chi connectivity index (χ4n) is 9.88. The molecule has 2 saturated carbocycles. The first kappa shape index (κ1) is 40.3. The second kappa shape index (κ2) is 18.1. The second-order valence-electron chi connectivity index (χ2n) is 16.1. The number of hydrogen-bond acceptors (Lipinski definition) is 11. The SMILES string of the molecule is O=C(NC1CCOC1)O[C@]1(C2CCC(C(=O)N3CCN(c4ccccc4)CC3)C(C(=O)NO)C2)CC[C@H](C(=O)N2CCN(c3ccccc3)CC2)[C@@H](C(=O)NO)C1. The van der Waals surface area contributed by atoms with E-state index in [2.05, 4.69) is 15.1 Å². The lowest BCUT2D eigenvalue weighted by molar-refractivity contribution is -0.162. The summed E-state index contributed by atoms with van der Waals surface area (Å²) in [6.07, 6.45) is 1.02. The molecule has 0 spiro atoms. The van der Waals surface area contributed by atoms with E-state index in [9.17, 15) is 34.4 Å². The van der Waals surface area contributed by atoms with Gasteiger partial charge in [-0.05, 0) is 75.1 Å². The van der Waals surface area contributed by atoms with Gasteiger partial charge in [-0.15, -0.1) is 0 Å². The van der Waals surface area contributed by atoms with Crippen molar-refractivity contribution < 1.29 is 43.9 Å². The van der Waals surface area contributed by atoms with E-state index >= 15 is 0 Å². The average Bonchev–Trinajstić information content (AvgIpc) is 3.78. The Labute approximate surface area is 332 Å². The first-order chi connectivity index (χ1) is 27.7. The van der Waals surface area contributed by atoms with Gasteiger partial charge in [-0.3, -0.25) is 29.6 Å². The zero-order chi connectivity index (χ0) is 39.9. The van der Waals surface area contributed by atoms with E-state index in [1.54, 1.807) is 20.8 Å². The van der Waals surface area contributed by atoms with Crippen LogP contribution in [0.4, 0.5) is 16.2 Å². The Morgan fingerprint density at radius 1 is 0.649 bits per heavy atom. The number of para-hydroxylation sites is 2. The van der Waals surface area contributed by atoms with Gasteiger partial charge in [0.15, 0.2) is 0 Å². The minimum absolute atomic E-state index is 0.0768. The zero-order valence-electron chi connectivity index (χ0n) is 32.3. The summed E-state index contributed by atoms with van der Waals surface area (Å²) in [4.78, 5) is 76.9. The minimum atomic E-state index is -1.33. The van der Waals surface area contributed by atoms with Crippen LogP contribution >= 0.6 is 0 Å². The van der Waals surface area contributed by atoms with Crippen LogP contribution < -0.4 is 26.1 Å². The number of hydrogen-bond donors (Lipinski definition) is 5. The predicted molar refractivity (Wildman–Crippen MR) is 207 cm³/mol. The van der Waals surface area contributed by atoms with Crippen LogP contribution in [0.2, 0.25) is 0 Å². The molecule has 7 atom stereocenters. The van der Waals surface area contributed by atoms with E-state index < -0.39 is 53.1 Å². The summed E-state index contributed by atoms with van der Waals surface area (Å²) < 4.78 is 11.8. The molecule has 57 heavy (non-hydrogen) atoms. The number of carbonyl (C=O) groups is 5. The first-order valence-corrected chi connectivity index (χ1v) is 20.3. The van der Waals surface area contributed by atoms with E-state index in [0.29, 0.717) is 78.4 Å². The average molecular weight is 790 g/mol.